The number of amides is 1. The molecule has 0 saturated carbocycles. The van der Waals surface area contributed by atoms with Crippen molar-refractivity contribution in [1.29, 1.82) is 0 Å². The van der Waals surface area contributed by atoms with E-state index in [9.17, 15) is 9.59 Å². The third-order valence-corrected chi connectivity index (χ3v) is 7.14. The molecule has 0 aromatic carbocycles. The van der Waals surface area contributed by atoms with Gasteiger partial charge in [0.1, 0.15) is 23.0 Å². The van der Waals surface area contributed by atoms with Gasteiger partial charge in [0.15, 0.2) is 5.52 Å². The number of likely N-dealkylation sites (tertiary alicyclic amines) is 1. The molecule has 1 unspecified atom stereocenters. The molecule has 204 valence electrons. The molecule has 12 heteroatoms. The lowest BCUT2D eigenvalue weighted by atomic mass is 9.92. The number of fused-ring (bicyclic) bond motifs is 1. The second-order valence-corrected chi connectivity index (χ2v) is 11.1. The Morgan fingerprint density at radius 2 is 1.82 bits per heavy atom. The SMILES string of the molecule is Cc1nc2c(C3CCN(C(=O)OC(C)(C)C)CC3)nc(N3CCOC(c4cnn(C)c4)C3)nc2c(=O)n1C. The van der Waals surface area contributed by atoms with Crippen LogP contribution in [0.15, 0.2) is 17.2 Å². The molecule has 2 saturated heterocycles. The molecule has 2 aliphatic rings. The number of aryl methyl sites for hydroxylation is 2. The van der Waals surface area contributed by atoms with Crippen LogP contribution in [0.3, 0.4) is 0 Å². The largest absolute Gasteiger partial charge is 0.444 e. The van der Waals surface area contributed by atoms with E-state index in [1.807, 2.05) is 47.1 Å². The second-order valence-electron chi connectivity index (χ2n) is 11.1. The van der Waals surface area contributed by atoms with Crippen LogP contribution in [-0.2, 0) is 23.6 Å². The van der Waals surface area contributed by atoms with Crippen molar-refractivity contribution in [3.63, 3.8) is 0 Å². The molecule has 2 aliphatic heterocycles. The molecule has 1 atom stereocenters. The molecule has 12 nitrogen and oxygen atoms in total. The van der Waals surface area contributed by atoms with Gasteiger partial charge in [0, 0.05) is 51.4 Å². The predicted octanol–water partition coefficient (Wildman–Crippen LogP) is 2.46. The van der Waals surface area contributed by atoms with Gasteiger partial charge in [0.25, 0.3) is 5.56 Å². The van der Waals surface area contributed by atoms with E-state index in [4.69, 9.17) is 24.4 Å². The third-order valence-electron chi connectivity index (χ3n) is 7.14. The zero-order chi connectivity index (χ0) is 27.2. The van der Waals surface area contributed by atoms with Gasteiger partial charge in [-0.3, -0.25) is 14.0 Å². The van der Waals surface area contributed by atoms with Gasteiger partial charge < -0.3 is 19.3 Å². The van der Waals surface area contributed by atoms with Crippen LogP contribution in [0.1, 0.15) is 62.7 Å². The monoisotopic (exact) mass is 524 g/mol. The highest BCUT2D eigenvalue weighted by atomic mass is 16.6. The molecule has 0 bridgehead atoms. The molecule has 0 N–H and O–H groups in total. The van der Waals surface area contributed by atoms with Crippen molar-refractivity contribution < 1.29 is 14.3 Å². The van der Waals surface area contributed by atoms with Crippen molar-refractivity contribution in [3.8, 4) is 0 Å². The Labute approximate surface area is 221 Å². The number of ether oxygens (including phenoxy) is 2. The lowest BCUT2D eigenvalue weighted by Gasteiger charge is -2.35. The van der Waals surface area contributed by atoms with Crippen LogP contribution < -0.4 is 10.5 Å². The molecule has 0 radical (unpaired) electrons. The van der Waals surface area contributed by atoms with E-state index in [-0.39, 0.29) is 23.7 Å². The summed E-state index contributed by atoms with van der Waals surface area (Å²) in [4.78, 5) is 44.2. The van der Waals surface area contributed by atoms with E-state index in [2.05, 4.69) is 10.00 Å². The van der Waals surface area contributed by atoms with Crippen LogP contribution in [0.5, 0.6) is 0 Å². The average molecular weight is 525 g/mol. The fourth-order valence-electron chi connectivity index (χ4n) is 4.99. The van der Waals surface area contributed by atoms with E-state index < -0.39 is 5.60 Å². The molecule has 1 amide bonds. The van der Waals surface area contributed by atoms with E-state index >= 15 is 0 Å². The summed E-state index contributed by atoms with van der Waals surface area (Å²) in [5.41, 5.74) is 1.87. The van der Waals surface area contributed by atoms with E-state index in [1.54, 1.807) is 16.6 Å². The van der Waals surface area contributed by atoms with Gasteiger partial charge in [-0.1, -0.05) is 0 Å². The molecular formula is C26H36N8O4. The van der Waals surface area contributed by atoms with E-state index in [0.29, 0.717) is 68.4 Å². The molecule has 0 spiro atoms. The van der Waals surface area contributed by atoms with Gasteiger partial charge in [0.2, 0.25) is 5.95 Å². The van der Waals surface area contributed by atoms with Crippen molar-refractivity contribution >= 4 is 23.1 Å². The number of aromatic nitrogens is 6. The Hall–Kier alpha value is -3.54. The summed E-state index contributed by atoms with van der Waals surface area (Å²) in [5, 5.41) is 4.27. The van der Waals surface area contributed by atoms with Crippen LogP contribution in [0, 0.1) is 6.92 Å². The van der Waals surface area contributed by atoms with Crippen LogP contribution >= 0.6 is 0 Å². The smallest absolute Gasteiger partial charge is 0.410 e. The number of hydrogen-bond acceptors (Lipinski definition) is 9. The summed E-state index contributed by atoms with van der Waals surface area (Å²) in [5.74, 6) is 1.14. The first-order valence-corrected chi connectivity index (χ1v) is 13.1. The van der Waals surface area contributed by atoms with Gasteiger partial charge >= 0.3 is 6.09 Å². The Bertz CT molecular complexity index is 1400. The number of rotatable bonds is 3. The minimum absolute atomic E-state index is 0.0344. The Morgan fingerprint density at radius 1 is 1.08 bits per heavy atom. The molecule has 38 heavy (non-hydrogen) atoms. The second kappa shape index (κ2) is 9.97. The normalized spacial score (nSPS) is 19.3. The van der Waals surface area contributed by atoms with Crippen LogP contribution in [0.4, 0.5) is 10.7 Å². The van der Waals surface area contributed by atoms with Gasteiger partial charge in [-0.25, -0.2) is 19.7 Å². The molecule has 3 aromatic rings. The van der Waals surface area contributed by atoms with Crippen molar-refractivity contribution in [2.75, 3.05) is 37.7 Å². The highest BCUT2D eigenvalue weighted by Gasteiger charge is 2.32. The first kappa shape index (κ1) is 26.1. The number of carbonyl (C=O) groups is 1. The lowest BCUT2D eigenvalue weighted by Crippen LogP contribution is -2.42. The zero-order valence-electron chi connectivity index (χ0n) is 23.0. The van der Waals surface area contributed by atoms with Crippen molar-refractivity contribution in [2.45, 2.75) is 58.2 Å². The van der Waals surface area contributed by atoms with Crippen molar-refractivity contribution in [2.24, 2.45) is 14.1 Å². The predicted molar refractivity (Wildman–Crippen MR) is 141 cm³/mol. The first-order valence-electron chi connectivity index (χ1n) is 13.1. The quantitative estimate of drug-likeness (QED) is 0.509. The number of carbonyl (C=O) groups excluding carboxylic acids is 1. The highest BCUT2D eigenvalue weighted by molar-refractivity contribution is 5.78. The third kappa shape index (κ3) is 5.22. The maximum atomic E-state index is 13.3. The number of hydrogen-bond donors (Lipinski definition) is 0. The molecule has 5 rings (SSSR count). The summed E-state index contributed by atoms with van der Waals surface area (Å²) >= 11 is 0. The summed E-state index contributed by atoms with van der Waals surface area (Å²) < 4.78 is 14.8. The number of morpholine rings is 1. The minimum Gasteiger partial charge on any atom is -0.444 e. The van der Waals surface area contributed by atoms with Crippen molar-refractivity contribution in [3.05, 3.63) is 39.8 Å². The minimum atomic E-state index is -0.543. The maximum Gasteiger partial charge on any atom is 0.410 e. The number of anilines is 1. The maximum absolute atomic E-state index is 13.3. The van der Waals surface area contributed by atoms with Crippen LogP contribution in [0.2, 0.25) is 0 Å². The summed E-state index contributed by atoms with van der Waals surface area (Å²) in [7, 11) is 3.58. The van der Waals surface area contributed by atoms with Gasteiger partial charge in [-0.15, -0.1) is 0 Å². The fraction of sp³-hybridized carbons (Fsp3) is 0.615. The summed E-state index contributed by atoms with van der Waals surface area (Å²) in [6.07, 6.45) is 4.67. The molecule has 5 heterocycles. The van der Waals surface area contributed by atoms with Crippen LogP contribution in [-0.4, -0.2) is 78.7 Å². The molecule has 0 aliphatic carbocycles. The van der Waals surface area contributed by atoms with Gasteiger partial charge in [-0.2, -0.15) is 5.10 Å². The molecular weight excluding hydrogens is 488 g/mol. The van der Waals surface area contributed by atoms with E-state index in [0.717, 1.165) is 11.3 Å². The Kier molecular flexibility index (Phi) is 6.84. The lowest BCUT2D eigenvalue weighted by molar-refractivity contribution is 0.0204. The van der Waals surface area contributed by atoms with Crippen molar-refractivity contribution in [1.82, 2.24) is 34.2 Å². The summed E-state index contributed by atoms with van der Waals surface area (Å²) in [6, 6.07) is 0. The topological polar surface area (TPSA) is 121 Å². The Balaban J connectivity index is 1.47. The zero-order valence-corrected chi connectivity index (χ0v) is 23.0. The highest BCUT2D eigenvalue weighted by Crippen LogP contribution is 2.33. The molecule has 3 aromatic heterocycles. The number of nitrogens with zero attached hydrogens (tertiary/aromatic N) is 8. The summed E-state index contributed by atoms with van der Waals surface area (Å²) in [6.45, 7) is 10.2. The fourth-order valence-corrected chi connectivity index (χ4v) is 4.99. The van der Waals surface area contributed by atoms with Gasteiger partial charge in [-0.05, 0) is 40.5 Å². The number of piperidine rings is 1. The van der Waals surface area contributed by atoms with Crippen LogP contribution in [0.25, 0.3) is 11.0 Å². The standard InChI is InChI=1S/C26H36N8O4/c1-16-28-21-20(17-7-9-33(10-8-17)25(36)38-26(2,3)4)29-24(30-22(21)23(35)32(16)6)34-11-12-37-19(15-34)18-13-27-31(5)14-18/h13-14,17,19H,7-12,15H2,1-6H3. The first-order chi connectivity index (χ1) is 18.0. The average Bonchev–Trinajstić information content (AvgIpc) is 3.32. The van der Waals surface area contributed by atoms with Gasteiger partial charge in [0.05, 0.1) is 25.0 Å². The Morgan fingerprint density at radius 3 is 2.47 bits per heavy atom. The molecule has 2 fully saturated rings. The van der Waals surface area contributed by atoms with E-state index in [1.165, 1.54) is 4.57 Å².